The summed E-state index contributed by atoms with van der Waals surface area (Å²) in [4.78, 5) is 32.4. The summed E-state index contributed by atoms with van der Waals surface area (Å²) in [6, 6.07) is 16.1. The van der Waals surface area contributed by atoms with E-state index in [0.717, 1.165) is 29.9 Å². The van der Waals surface area contributed by atoms with Crippen LogP contribution >= 0.6 is 0 Å². The van der Waals surface area contributed by atoms with Crippen LogP contribution in [-0.4, -0.2) is 95.3 Å². The van der Waals surface area contributed by atoms with Crippen molar-refractivity contribution in [2.24, 2.45) is 0 Å². The number of rotatable bonds is 5. The summed E-state index contributed by atoms with van der Waals surface area (Å²) in [6.07, 6.45) is 1.84. The van der Waals surface area contributed by atoms with Crippen LogP contribution in [0.15, 0.2) is 54.7 Å². The molecule has 188 valence electrons. The van der Waals surface area contributed by atoms with Gasteiger partial charge >= 0.3 is 0 Å². The number of ether oxygens (including phenoxy) is 1. The molecule has 0 atom stereocenters. The highest BCUT2D eigenvalue weighted by Crippen LogP contribution is 2.28. The summed E-state index contributed by atoms with van der Waals surface area (Å²) in [7, 11) is 0. The van der Waals surface area contributed by atoms with Gasteiger partial charge in [0.25, 0.3) is 5.91 Å². The maximum atomic E-state index is 13.8. The molecule has 0 saturated carbocycles. The van der Waals surface area contributed by atoms with Crippen molar-refractivity contribution in [3.63, 3.8) is 0 Å². The number of para-hydroxylation sites is 1. The molecule has 3 heterocycles. The molecule has 0 spiro atoms. The van der Waals surface area contributed by atoms with Crippen LogP contribution < -0.4 is 0 Å². The molecule has 2 fully saturated rings. The molecule has 1 aromatic heterocycles. The van der Waals surface area contributed by atoms with Gasteiger partial charge in [-0.1, -0.05) is 42.0 Å². The zero-order chi connectivity index (χ0) is 25.1. The molecule has 0 radical (unpaired) electrons. The molecule has 0 N–H and O–H groups in total. The van der Waals surface area contributed by atoms with Gasteiger partial charge in [0, 0.05) is 51.0 Å². The standard InChI is InChI=1S/C28H33N5O3/c1-21-8-9-24(22(2)18-21)27-25(19-33(29-27)23-6-4-3-5-7-23)28(35)32-12-10-31(11-13-32)26(34)20-30-14-16-36-17-15-30/h3-9,18-19H,10-17,20H2,1-2H3. The zero-order valence-electron chi connectivity index (χ0n) is 21.0. The SMILES string of the molecule is Cc1ccc(-c2nn(-c3ccccc3)cc2C(=O)N2CCN(C(=O)CN3CCOCC3)CC2)c(C)c1. The fourth-order valence-corrected chi connectivity index (χ4v) is 4.90. The number of aromatic nitrogens is 2. The van der Waals surface area contributed by atoms with E-state index in [1.54, 1.807) is 4.68 Å². The van der Waals surface area contributed by atoms with Gasteiger partial charge in [0.1, 0.15) is 5.69 Å². The first kappa shape index (κ1) is 24.2. The Balaban J connectivity index is 1.34. The highest BCUT2D eigenvalue weighted by molar-refractivity contribution is 6.00. The predicted molar refractivity (Wildman–Crippen MR) is 138 cm³/mol. The third kappa shape index (κ3) is 5.20. The van der Waals surface area contributed by atoms with Crippen LogP contribution in [0.1, 0.15) is 21.5 Å². The van der Waals surface area contributed by atoms with E-state index in [-0.39, 0.29) is 11.8 Å². The Kier molecular flexibility index (Phi) is 7.16. The normalized spacial score (nSPS) is 16.8. The van der Waals surface area contributed by atoms with Crippen molar-refractivity contribution in [3.8, 4) is 16.9 Å². The van der Waals surface area contributed by atoms with E-state index in [9.17, 15) is 9.59 Å². The molecule has 2 amide bonds. The van der Waals surface area contributed by atoms with E-state index in [0.29, 0.717) is 57.2 Å². The van der Waals surface area contributed by atoms with Crippen molar-refractivity contribution >= 4 is 11.8 Å². The molecule has 2 aromatic carbocycles. The van der Waals surface area contributed by atoms with Crippen LogP contribution in [0.25, 0.3) is 16.9 Å². The summed E-state index contributed by atoms with van der Waals surface area (Å²) < 4.78 is 7.16. The van der Waals surface area contributed by atoms with E-state index in [2.05, 4.69) is 30.9 Å². The van der Waals surface area contributed by atoms with Gasteiger partial charge in [0.05, 0.1) is 31.0 Å². The average Bonchev–Trinajstić information content (AvgIpc) is 3.34. The zero-order valence-corrected chi connectivity index (χ0v) is 21.0. The number of amides is 2. The highest BCUT2D eigenvalue weighted by Gasteiger charge is 2.29. The fourth-order valence-electron chi connectivity index (χ4n) is 4.90. The molecule has 0 aliphatic carbocycles. The second kappa shape index (κ2) is 10.6. The third-order valence-electron chi connectivity index (χ3n) is 6.98. The number of morpholine rings is 1. The summed E-state index contributed by atoms with van der Waals surface area (Å²) in [5.41, 5.74) is 5.38. The van der Waals surface area contributed by atoms with Crippen LogP contribution in [0.2, 0.25) is 0 Å². The van der Waals surface area contributed by atoms with Crippen LogP contribution in [0.5, 0.6) is 0 Å². The lowest BCUT2D eigenvalue weighted by atomic mass is 10.00. The first-order chi connectivity index (χ1) is 17.5. The first-order valence-corrected chi connectivity index (χ1v) is 12.6. The Morgan fingerprint density at radius 1 is 0.889 bits per heavy atom. The molecule has 36 heavy (non-hydrogen) atoms. The lowest BCUT2D eigenvalue weighted by molar-refractivity contribution is -0.134. The van der Waals surface area contributed by atoms with E-state index in [4.69, 9.17) is 9.84 Å². The van der Waals surface area contributed by atoms with E-state index in [1.807, 2.05) is 52.4 Å². The molecule has 0 unspecified atom stereocenters. The number of nitrogens with zero attached hydrogens (tertiary/aromatic N) is 5. The van der Waals surface area contributed by atoms with Gasteiger partial charge < -0.3 is 14.5 Å². The number of aryl methyl sites for hydroxylation is 2. The van der Waals surface area contributed by atoms with Gasteiger partial charge in [-0.25, -0.2) is 4.68 Å². The lowest BCUT2D eigenvalue weighted by Crippen LogP contribution is -2.53. The van der Waals surface area contributed by atoms with Gasteiger partial charge in [0.15, 0.2) is 0 Å². The van der Waals surface area contributed by atoms with E-state index >= 15 is 0 Å². The quantitative estimate of drug-likeness (QED) is 0.554. The molecule has 2 saturated heterocycles. The van der Waals surface area contributed by atoms with Crippen LogP contribution in [0, 0.1) is 13.8 Å². The van der Waals surface area contributed by atoms with Gasteiger partial charge in [-0.05, 0) is 31.5 Å². The highest BCUT2D eigenvalue weighted by atomic mass is 16.5. The van der Waals surface area contributed by atoms with Crippen LogP contribution in [0.3, 0.4) is 0 Å². The number of piperazine rings is 1. The molecule has 5 rings (SSSR count). The first-order valence-electron chi connectivity index (χ1n) is 12.6. The minimum Gasteiger partial charge on any atom is -0.379 e. The average molecular weight is 488 g/mol. The number of hydrogen-bond acceptors (Lipinski definition) is 5. The van der Waals surface area contributed by atoms with Gasteiger partial charge in [-0.3, -0.25) is 14.5 Å². The van der Waals surface area contributed by atoms with Crippen molar-refractivity contribution in [2.45, 2.75) is 13.8 Å². The number of hydrogen-bond donors (Lipinski definition) is 0. The summed E-state index contributed by atoms with van der Waals surface area (Å²) in [5.74, 6) is 0.0734. The van der Waals surface area contributed by atoms with Gasteiger partial charge in [0.2, 0.25) is 5.91 Å². The third-order valence-corrected chi connectivity index (χ3v) is 6.98. The second-order valence-electron chi connectivity index (χ2n) is 9.55. The largest absolute Gasteiger partial charge is 0.379 e. The minimum atomic E-state index is -0.0487. The minimum absolute atomic E-state index is 0.0487. The van der Waals surface area contributed by atoms with E-state index in [1.165, 1.54) is 5.56 Å². The Labute approximate surface area is 212 Å². The maximum Gasteiger partial charge on any atom is 0.257 e. The molecular formula is C28H33N5O3. The fraction of sp³-hybridized carbons (Fsp3) is 0.393. The Hall–Kier alpha value is -3.49. The molecule has 2 aliphatic rings. The topological polar surface area (TPSA) is 70.9 Å². The molecule has 8 nitrogen and oxygen atoms in total. The Bertz CT molecular complexity index is 1230. The second-order valence-corrected chi connectivity index (χ2v) is 9.55. The monoisotopic (exact) mass is 487 g/mol. The van der Waals surface area contributed by atoms with Crippen molar-refractivity contribution in [2.75, 3.05) is 59.0 Å². The lowest BCUT2D eigenvalue weighted by Gasteiger charge is -2.36. The molecule has 2 aliphatic heterocycles. The maximum absolute atomic E-state index is 13.8. The van der Waals surface area contributed by atoms with Crippen molar-refractivity contribution in [1.82, 2.24) is 24.5 Å². The van der Waals surface area contributed by atoms with E-state index < -0.39 is 0 Å². The smallest absolute Gasteiger partial charge is 0.257 e. The molecule has 8 heteroatoms. The van der Waals surface area contributed by atoms with Crippen molar-refractivity contribution in [1.29, 1.82) is 0 Å². The van der Waals surface area contributed by atoms with Crippen molar-refractivity contribution < 1.29 is 14.3 Å². The number of carbonyl (C=O) groups is 2. The van der Waals surface area contributed by atoms with Crippen molar-refractivity contribution in [3.05, 3.63) is 71.4 Å². The van der Waals surface area contributed by atoms with Crippen LogP contribution in [0.4, 0.5) is 0 Å². The Morgan fingerprint density at radius 3 is 2.28 bits per heavy atom. The van der Waals surface area contributed by atoms with Gasteiger partial charge in [-0.2, -0.15) is 5.10 Å². The molecule has 3 aromatic rings. The number of carbonyl (C=O) groups excluding carboxylic acids is 2. The number of benzene rings is 2. The summed E-state index contributed by atoms with van der Waals surface area (Å²) in [6.45, 7) is 9.56. The van der Waals surface area contributed by atoms with Gasteiger partial charge in [-0.15, -0.1) is 0 Å². The summed E-state index contributed by atoms with van der Waals surface area (Å²) in [5, 5.41) is 4.85. The predicted octanol–water partition coefficient (Wildman–Crippen LogP) is 2.77. The Morgan fingerprint density at radius 2 is 1.58 bits per heavy atom. The van der Waals surface area contributed by atoms with Crippen LogP contribution in [-0.2, 0) is 9.53 Å². The summed E-state index contributed by atoms with van der Waals surface area (Å²) >= 11 is 0. The molecular weight excluding hydrogens is 454 g/mol. The molecule has 0 bridgehead atoms.